The summed E-state index contributed by atoms with van der Waals surface area (Å²) in [6, 6.07) is 10.4. The summed E-state index contributed by atoms with van der Waals surface area (Å²) in [6.45, 7) is 0.678. The molecule has 0 unspecified atom stereocenters. The van der Waals surface area contributed by atoms with Crippen LogP contribution in [-0.2, 0) is 6.42 Å². The second-order valence-electron chi connectivity index (χ2n) is 5.95. The molecule has 3 rings (SSSR count). The third-order valence-corrected chi connectivity index (χ3v) is 4.29. The van der Waals surface area contributed by atoms with Gasteiger partial charge in [0.15, 0.2) is 17.5 Å². The van der Waals surface area contributed by atoms with E-state index in [1.165, 1.54) is 12.1 Å². The molecule has 0 aliphatic heterocycles. The van der Waals surface area contributed by atoms with Crippen LogP contribution in [0.5, 0.6) is 11.5 Å². The van der Waals surface area contributed by atoms with Gasteiger partial charge in [-0.2, -0.15) is 0 Å². The predicted octanol–water partition coefficient (Wildman–Crippen LogP) is 3.55. The van der Waals surface area contributed by atoms with Crippen LogP contribution in [0.25, 0.3) is 10.9 Å². The monoisotopic (exact) mass is 370 g/mol. The Bertz CT molecular complexity index is 952. The Labute approximate surface area is 157 Å². The number of anilines is 1. The minimum absolute atomic E-state index is 0.242. The molecule has 27 heavy (non-hydrogen) atoms. The fourth-order valence-electron chi connectivity index (χ4n) is 2.91. The fraction of sp³-hybridized carbons (Fsp3) is 0.250. The quantitative estimate of drug-likeness (QED) is 0.458. The highest BCUT2D eigenvalue weighted by Crippen LogP contribution is 2.29. The lowest BCUT2D eigenvalue weighted by molar-refractivity contribution is 0.355. The molecule has 0 atom stereocenters. The van der Waals surface area contributed by atoms with Gasteiger partial charge in [-0.3, -0.25) is 4.99 Å². The van der Waals surface area contributed by atoms with Crippen LogP contribution in [0.3, 0.4) is 0 Å². The lowest BCUT2D eigenvalue weighted by atomic mass is 10.1. The maximum absolute atomic E-state index is 13.3. The summed E-state index contributed by atoms with van der Waals surface area (Å²) >= 11 is 0. The molecule has 2 aromatic carbocycles. The van der Waals surface area contributed by atoms with Crippen molar-refractivity contribution in [3.63, 3.8) is 0 Å². The highest BCUT2D eigenvalue weighted by molar-refractivity contribution is 5.94. The van der Waals surface area contributed by atoms with Crippen LogP contribution in [0.1, 0.15) is 5.56 Å². The first-order valence-corrected chi connectivity index (χ1v) is 8.60. The number of aliphatic imine (C=N–C) groups is 1. The van der Waals surface area contributed by atoms with Gasteiger partial charge in [-0.25, -0.2) is 4.39 Å². The number of guanidine groups is 1. The van der Waals surface area contributed by atoms with Crippen LogP contribution in [0.2, 0.25) is 0 Å². The topological polar surface area (TPSA) is 70.7 Å². The summed E-state index contributed by atoms with van der Waals surface area (Å²) in [5.41, 5.74) is 2.76. The van der Waals surface area contributed by atoms with Crippen molar-refractivity contribution < 1.29 is 13.9 Å². The first kappa shape index (κ1) is 18.6. The number of nitrogens with zero attached hydrogens (tertiary/aromatic N) is 1. The zero-order valence-electron chi connectivity index (χ0n) is 15.6. The number of hydrogen-bond donors (Lipinski definition) is 3. The van der Waals surface area contributed by atoms with Crippen molar-refractivity contribution in [1.29, 1.82) is 0 Å². The number of ether oxygens (including phenoxy) is 2. The summed E-state index contributed by atoms with van der Waals surface area (Å²) in [5, 5.41) is 7.53. The van der Waals surface area contributed by atoms with Gasteiger partial charge < -0.3 is 25.1 Å². The molecule has 7 heteroatoms. The second kappa shape index (κ2) is 8.44. The molecule has 0 radical (unpaired) electrons. The number of rotatable bonds is 6. The van der Waals surface area contributed by atoms with Crippen molar-refractivity contribution in [1.82, 2.24) is 10.3 Å². The van der Waals surface area contributed by atoms with Crippen molar-refractivity contribution in [2.24, 2.45) is 4.99 Å². The molecule has 6 nitrogen and oxygen atoms in total. The number of aromatic amines is 1. The van der Waals surface area contributed by atoms with Gasteiger partial charge in [0.1, 0.15) is 5.82 Å². The molecule has 142 valence electrons. The molecule has 0 aliphatic rings. The fourth-order valence-corrected chi connectivity index (χ4v) is 2.91. The van der Waals surface area contributed by atoms with E-state index in [0.717, 1.165) is 28.6 Å². The summed E-state index contributed by atoms with van der Waals surface area (Å²) in [7, 11) is 4.91. The van der Waals surface area contributed by atoms with Crippen LogP contribution >= 0.6 is 0 Å². The maximum Gasteiger partial charge on any atom is 0.195 e. The molecule has 1 heterocycles. The summed E-state index contributed by atoms with van der Waals surface area (Å²) in [4.78, 5) is 7.34. The van der Waals surface area contributed by atoms with Crippen molar-refractivity contribution in [3.05, 3.63) is 54.0 Å². The third kappa shape index (κ3) is 4.31. The van der Waals surface area contributed by atoms with Gasteiger partial charge in [0.2, 0.25) is 0 Å². The van der Waals surface area contributed by atoms with Crippen LogP contribution in [-0.4, -0.2) is 38.8 Å². The molecule has 0 amide bonds. The molecular weight excluding hydrogens is 347 g/mol. The SMILES string of the molecule is CN=C(NCCc1c[nH]c2cc(F)ccc12)Nc1ccc(OC)c(OC)c1. The molecule has 0 saturated carbocycles. The van der Waals surface area contributed by atoms with E-state index in [9.17, 15) is 4.39 Å². The highest BCUT2D eigenvalue weighted by atomic mass is 19.1. The first-order valence-electron chi connectivity index (χ1n) is 8.60. The Hall–Kier alpha value is -3.22. The van der Waals surface area contributed by atoms with Crippen LogP contribution in [0.15, 0.2) is 47.6 Å². The van der Waals surface area contributed by atoms with E-state index in [1.54, 1.807) is 27.3 Å². The lowest BCUT2D eigenvalue weighted by Gasteiger charge is -2.14. The molecule has 3 aromatic rings. The maximum atomic E-state index is 13.3. The molecule has 0 spiro atoms. The number of halogens is 1. The average molecular weight is 370 g/mol. The summed E-state index contributed by atoms with van der Waals surface area (Å²) in [6.07, 6.45) is 2.69. The number of hydrogen-bond acceptors (Lipinski definition) is 3. The largest absolute Gasteiger partial charge is 0.493 e. The van der Waals surface area contributed by atoms with Gasteiger partial charge in [0.25, 0.3) is 0 Å². The molecule has 1 aromatic heterocycles. The number of methoxy groups -OCH3 is 2. The van der Waals surface area contributed by atoms with Gasteiger partial charge in [0, 0.05) is 42.4 Å². The van der Waals surface area contributed by atoms with E-state index in [4.69, 9.17) is 9.47 Å². The smallest absolute Gasteiger partial charge is 0.195 e. The minimum atomic E-state index is -0.242. The van der Waals surface area contributed by atoms with Crippen molar-refractivity contribution in [2.75, 3.05) is 33.1 Å². The van der Waals surface area contributed by atoms with Crippen LogP contribution < -0.4 is 20.1 Å². The number of aromatic nitrogens is 1. The Morgan fingerprint density at radius 1 is 1.11 bits per heavy atom. The zero-order valence-corrected chi connectivity index (χ0v) is 15.6. The first-order chi connectivity index (χ1) is 13.1. The third-order valence-electron chi connectivity index (χ3n) is 4.29. The lowest BCUT2D eigenvalue weighted by Crippen LogP contribution is -2.32. The Morgan fingerprint density at radius 3 is 2.67 bits per heavy atom. The zero-order chi connectivity index (χ0) is 19.2. The normalized spacial score (nSPS) is 11.5. The van der Waals surface area contributed by atoms with Crippen LogP contribution in [0.4, 0.5) is 10.1 Å². The van der Waals surface area contributed by atoms with E-state index < -0.39 is 0 Å². The predicted molar refractivity (Wildman–Crippen MR) is 106 cm³/mol. The molecule has 0 fully saturated rings. The van der Waals surface area contributed by atoms with Crippen molar-refractivity contribution in [3.8, 4) is 11.5 Å². The van der Waals surface area contributed by atoms with E-state index in [1.807, 2.05) is 24.4 Å². The average Bonchev–Trinajstić information content (AvgIpc) is 3.08. The van der Waals surface area contributed by atoms with Gasteiger partial charge in [0.05, 0.1) is 14.2 Å². The van der Waals surface area contributed by atoms with Gasteiger partial charge in [-0.15, -0.1) is 0 Å². The number of fused-ring (bicyclic) bond motifs is 1. The molecule has 3 N–H and O–H groups in total. The Morgan fingerprint density at radius 2 is 1.93 bits per heavy atom. The van der Waals surface area contributed by atoms with Gasteiger partial charge in [-0.1, -0.05) is 0 Å². The van der Waals surface area contributed by atoms with Crippen LogP contribution in [0, 0.1) is 5.82 Å². The number of H-pyrrole nitrogens is 1. The number of benzene rings is 2. The standard InChI is InChI=1S/C20H23FN4O2/c1-22-20(25-15-5-7-18(26-2)19(11-15)27-3)23-9-8-13-12-24-17-10-14(21)4-6-16(13)17/h4-7,10-12,24H,8-9H2,1-3H3,(H2,22,23,25). The van der Waals surface area contributed by atoms with Crippen molar-refractivity contribution in [2.45, 2.75) is 6.42 Å². The van der Waals surface area contributed by atoms with E-state index >= 15 is 0 Å². The molecule has 0 aliphatic carbocycles. The van der Waals surface area contributed by atoms with Gasteiger partial charge >= 0.3 is 0 Å². The van der Waals surface area contributed by atoms with E-state index in [-0.39, 0.29) is 5.82 Å². The Balaban J connectivity index is 1.61. The molecule has 0 bridgehead atoms. The molecule has 0 saturated heterocycles. The van der Waals surface area contributed by atoms with Crippen molar-refractivity contribution >= 4 is 22.5 Å². The second-order valence-corrected chi connectivity index (χ2v) is 5.95. The summed E-state index contributed by atoms with van der Waals surface area (Å²) < 4.78 is 23.8. The minimum Gasteiger partial charge on any atom is -0.493 e. The van der Waals surface area contributed by atoms with E-state index in [0.29, 0.717) is 24.0 Å². The molecular formula is C20H23FN4O2. The highest BCUT2D eigenvalue weighted by Gasteiger charge is 2.07. The van der Waals surface area contributed by atoms with E-state index in [2.05, 4.69) is 20.6 Å². The Kier molecular flexibility index (Phi) is 5.80. The number of nitrogens with one attached hydrogen (secondary N) is 3. The summed E-state index contributed by atoms with van der Waals surface area (Å²) in [5.74, 6) is 1.72. The van der Waals surface area contributed by atoms with Gasteiger partial charge in [-0.05, 0) is 42.3 Å².